The van der Waals surface area contributed by atoms with Crippen LogP contribution >= 0.6 is 0 Å². The Bertz CT molecular complexity index is 388. The molecule has 5 heteroatoms. The van der Waals surface area contributed by atoms with Gasteiger partial charge in [-0.1, -0.05) is 0 Å². The fourth-order valence-corrected chi connectivity index (χ4v) is 1.00. The number of carboxylic acid groups (broad SMARTS) is 1. The van der Waals surface area contributed by atoms with Gasteiger partial charge in [0.2, 0.25) is 5.91 Å². The van der Waals surface area contributed by atoms with Gasteiger partial charge in [0, 0.05) is 6.92 Å². The van der Waals surface area contributed by atoms with E-state index in [0.29, 0.717) is 11.4 Å². The SMILES string of the molecule is CC(=O)Nc1ccc(C(=O)O)nc1C. The van der Waals surface area contributed by atoms with Crippen molar-refractivity contribution in [1.82, 2.24) is 4.98 Å². The molecule has 0 saturated heterocycles. The first-order chi connectivity index (χ1) is 6.50. The van der Waals surface area contributed by atoms with Crippen LogP contribution in [-0.4, -0.2) is 22.0 Å². The lowest BCUT2D eigenvalue weighted by Gasteiger charge is -2.05. The highest BCUT2D eigenvalue weighted by Crippen LogP contribution is 2.12. The van der Waals surface area contributed by atoms with Crippen molar-refractivity contribution in [2.75, 3.05) is 5.32 Å². The molecule has 0 radical (unpaired) electrons. The number of aromatic carboxylic acids is 1. The van der Waals surface area contributed by atoms with Crippen molar-refractivity contribution in [3.05, 3.63) is 23.5 Å². The molecule has 0 fully saturated rings. The monoisotopic (exact) mass is 194 g/mol. The van der Waals surface area contributed by atoms with Crippen molar-refractivity contribution < 1.29 is 14.7 Å². The van der Waals surface area contributed by atoms with Gasteiger partial charge in [-0.05, 0) is 19.1 Å². The Morgan fingerprint density at radius 1 is 1.43 bits per heavy atom. The number of aromatic nitrogens is 1. The Morgan fingerprint density at radius 2 is 2.07 bits per heavy atom. The molecule has 5 nitrogen and oxygen atoms in total. The Kier molecular flexibility index (Phi) is 2.81. The second-order valence-electron chi connectivity index (χ2n) is 2.82. The van der Waals surface area contributed by atoms with E-state index >= 15 is 0 Å². The Balaban J connectivity index is 3.01. The average molecular weight is 194 g/mol. The zero-order valence-electron chi connectivity index (χ0n) is 7.87. The van der Waals surface area contributed by atoms with Crippen LogP contribution < -0.4 is 5.32 Å². The van der Waals surface area contributed by atoms with Gasteiger partial charge in [-0.2, -0.15) is 0 Å². The lowest BCUT2D eigenvalue weighted by Crippen LogP contribution is -2.09. The molecule has 1 amide bonds. The van der Waals surface area contributed by atoms with Gasteiger partial charge in [0.25, 0.3) is 0 Å². The van der Waals surface area contributed by atoms with E-state index in [2.05, 4.69) is 10.3 Å². The first-order valence-electron chi connectivity index (χ1n) is 3.99. The van der Waals surface area contributed by atoms with Gasteiger partial charge in [-0.25, -0.2) is 9.78 Å². The third-order valence-electron chi connectivity index (χ3n) is 1.62. The molecular weight excluding hydrogens is 184 g/mol. The molecule has 0 bridgehead atoms. The fourth-order valence-electron chi connectivity index (χ4n) is 1.00. The summed E-state index contributed by atoms with van der Waals surface area (Å²) in [5.74, 6) is -1.29. The fraction of sp³-hybridized carbons (Fsp3) is 0.222. The smallest absolute Gasteiger partial charge is 0.354 e. The number of carbonyl (C=O) groups is 2. The van der Waals surface area contributed by atoms with E-state index in [9.17, 15) is 9.59 Å². The summed E-state index contributed by atoms with van der Waals surface area (Å²) in [6.07, 6.45) is 0. The first-order valence-corrected chi connectivity index (χ1v) is 3.99. The van der Waals surface area contributed by atoms with Crippen molar-refractivity contribution in [2.45, 2.75) is 13.8 Å². The molecule has 0 aliphatic carbocycles. The van der Waals surface area contributed by atoms with Crippen LogP contribution in [0.2, 0.25) is 0 Å². The predicted molar refractivity (Wildman–Crippen MR) is 50.2 cm³/mol. The summed E-state index contributed by atoms with van der Waals surface area (Å²) < 4.78 is 0. The van der Waals surface area contributed by atoms with E-state index in [-0.39, 0.29) is 11.6 Å². The van der Waals surface area contributed by atoms with Gasteiger partial charge in [0.15, 0.2) is 0 Å². The minimum Gasteiger partial charge on any atom is -0.477 e. The maximum Gasteiger partial charge on any atom is 0.354 e. The van der Waals surface area contributed by atoms with E-state index < -0.39 is 5.97 Å². The highest BCUT2D eigenvalue weighted by atomic mass is 16.4. The van der Waals surface area contributed by atoms with E-state index in [4.69, 9.17) is 5.11 Å². The molecule has 0 aliphatic heterocycles. The number of amides is 1. The molecule has 0 spiro atoms. The molecule has 1 aromatic rings. The van der Waals surface area contributed by atoms with Crippen LogP contribution in [0, 0.1) is 6.92 Å². The summed E-state index contributed by atoms with van der Waals surface area (Å²) in [6.45, 7) is 3.02. The average Bonchev–Trinajstić information content (AvgIpc) is 2.07. The zero-order valence-corrected chi connectivity index (χ0v) is 7.87. The molecule has 14 heavy (non-hydrogen) atoms. The molecule has 2 N–H and O–H groups in total. The third kappa shape index (κ3) is 2.29. The van der Waals surface area contributed by atoms with E-state index in [1.165, 1.54) is 19.1 Å². The molecule has 0 saturated carbocycles. The van der Waals surface area contributed by atoms with E-state index in [1.54, 1.807) is 6.92 Å². The van der Waals surface area contributed by atoms with E-state index in [0.717, 1.165) is 0 Å². The normalized spacial score (nSPS) is 9.57. The Hall–Kier alpha value is -1.91. The van der Waals surface area contributed by atoms with Crippen LogP contribution in [0.1, 0.15) is 23.1 Å². The van der Waals surface area contributed by atoms with Gasteiger partial charge in [-0.15, -0.1) is 0 Å². The summed E-state index contributed by atoms with van der Waals surface area (Å²) in [5.41, 5.74) is 0.985. The van der Waals surface area contributed by atoms with Crippen LogP contribution in [-0.2, 0) is 4.79 Å². The molecule has 74 valence electrons. The lowest BCUT2D eigenvalue weighted by molar-refractivity contribution is -0.114. The standard InChI is InChI=1S/C9H10N2O3/c1-5-7(11-6(2)12)3-4-8(10-5)9(13)14/h3-4H,1-2H3,(H,11,12)(H,13,14). The highest BCUT2D eigenvalue weighted by Gasteiger charge is 2.07. The number of pyridine rings is 1. The molecule has 0 aromatic carbocycles. The summed E-state index contributed by atoms with van der Waals surface area (Å²) in [5, 5.41) is 11.2. The van der Waals surface area contributed by atoms with Gasteiger partial charge in [0.05, 0.1) is 11.4 Å². The molecule has 1 rings (SSSR count). The maximum absolute atomic E-state index is 10.7. The van der Waals surface area contributed by atoms with Crippen LogP contribution in [0.5, 0.6) is 0 Å². The molecule has 0 unspecified atom stereocenters. The molecule has 0 atom stereocenters. The summed E-state index contributed by atoms with van der Waals surface area (Å²) in [7, 11) is 0. The number of rotatable bonds is 2. The van der Waals surface area contributed by atoms with Crippen LogP contribution in [0.25, 0.3) is 0 Å². The largest absolute Gasteiger partial charge is 0.477 e. The number of hydrogen-bond acceptors (Lipinski definition) is 3. The third-order valence-corrected chi connectivity index (χ3v) is 1.62. The first kappa shape index (κ1) is 10.2. The van der Waals surface area contributed by atoms with Crippen LogP contribution in [0.3, 0.4) is 0 Å². The number of hydrogen-bond donors (Lipinski definition) is 2. The molecular formula is C9H10N2O3. The quantitative estimate of drug-likeness (QED) is 0.737. The summed E-state index contributed by atoms with van der Waals surface area (Å²) >= 11 is 0. The molecule has 0 aliphatic rings. The number of carboxylic acids is 1. The van der Waals surface area contributed by atoms with Crippen molar-refractivity contribution in [1.29, 1.82) is 0 Å². The van der Waals surface area contributed by atoms with Crippen molar-refractivity contribution in [3.63, 3.8) is 0 Å². The van der Waals surface area contributed by atoms with Gasteiger partial charge in [0.1, 0.15) is 5.69 Å². The van der Waals surface area contributed by atoms with E-state index in [1.807, 2.05) is 0 Å². The number of anilines is 1. The van der Waals surface area contributed by atoms with Crippen molar-refractivity contribution in [3.8, 4) is 0 Å². The Labute approximate surface area is 80.8 Å². The number of nitrogens with zero attached hydrogens (tertiary/aromatic N) is 1. The van der Waals surface area contributed by atoms with Crippen LogP contribution in [0.15, 0.2) is 12.1 Å². The lowest BCUT2D eigenvalue weighted by atomic mass is 10.2. The maximum atomic E-state index is 10.7. The second kappa shape index (κ2) is 3.87. The zero-order chi connectivity index (χ0) is 10.7. The second-order valence-corrected chi connectivity index (χ2v) is 2.82. The van der Waals surface area contributed by atoms with Crippen molar-refractivity contribution >= 4 is 17.6 Å². The van der Waals surface area contributed by atoms with Gasteiger partial charge in [-0.3, -0.25) is 4.79 Å². The van der Waals surface area contributed by atoms with Crippen molar-refractivity contribution in [2.24, 2.45) is 0 Å². The number of carbonyl (C=O) groups excluding carboxylic acids is 1. The number of nitrogens with one attached hydrogen (secondary N) is 1. The number of aryl methyl sites for hydroxylation is 1. The minimum atomic E-state index is -1.08. The Morgan fingerprint density at radius 3 is 2.50 bits per heavy atom. The van der Waals surface area contributed by atoms with Crippen LogP contribution in [0.4, 0.5) is 5.69 Å². The summed E-state index contributed by atoms with van der Waals surface area (Å²) in [6, 6.07) is 2.87. The molecule has 1 heterocycles. The predicted octanol–water partition coefficient (Wildman–Crippen LogP) is 1.05. The topological polar surface area (TPSA) is 79.3 Å². The summed E-state index contributed by atoms with van der Waals surface area (Å²) in [4.78, 5) is 25.1. The minimum absolute atomic E-state index is 0.0309. The highest BCUT2D eigenvalue weighted by molar-refractivity contribution is 5.90. The molecule has 1 aromatic heterocycles. The van der Waals surface area contributed by atoms with Gasteiger partial charge < -0.3 is 10.4 Å². The van der Waals surface area contributed by atoms with Gasteiger partial charge >= 0.3 is 5.97 Å².